The molecule has 0 amide bonds. The summed E-state index contributed by atoms with van der Waals surface area (Å²) in [6, 6.07) is 4.35. The number of nitrogens with zero attached hydrogens (tertiary/aromatic N) is 1. The van der Waals surface area contributed by atoms with Crippen LogP contribution in [0.25, 0.3) is 0 Å². The molecule has 6 nitrogen and oxygen atoms in total. The molecule has 0 radical (unpaired) electrons. The van der Waals surface area contributed by atoms with E-state index in [0.29, 0.717) is 11.8 Å². The molecule has 1 aromatic rings. The molecule has 106 valence electrons. The molecule has 2 fully saturated rings. The Bertz CT molecular complexity index is 520. The van der Waals surface area contributed by atoms with Gasteiger partial charge in [-0.15, -0.1) is 0 Å². The molecule has 3 rings (SSSR count). The molecule has 0 aliphatic heterocycles. The SMILES string of the molecule is O=C(O)c1cccc([N+](=O)[O-])c1NC(C1CC1)C1CC1. The van der Waals surface area contributed by atoms with Crippen LogP contribution in [0.4, 0.5) is 11.4 Å². The first kappa shape index (κ1) is 12.9. The lowest BCUT2D eigenvalue weighted by Gasteiger charge is -2.20. The number of rotatable bonds is 6. The molecule has 2 N–H and O–H groups in total. The highest BCUT2D eigenvalue weighted by Gasteiger charge is 2.42. The third-order valence-electron chi connectivity index (χ3n) is 4.04. The van der Waals surface area contributed by atoms with E-state index < -0.39 is 10.9 Å². The fourth-order valence-electron chi connectivity index (χ4n) is 2.72. The van der Waals surface area contributed by atoms with Gasteiger partial charge in [-0.2, -0.15) is 0 Å². The van der Waals surface area contributed by atoms with Gasteiger partial charge in [-0.05, 0) is 43.6 Å². The van der Waals surface area contributed by atoms with Gasteiger partial charge in [-0.25, -0.2) is 4.79 Å². The second-order valence-electron chi connectivity index (χ2n) is 5.61. The molecule has 0 aromatic heterocycles. The Hall–Kier alpha value is -2.11. The number of nitrogens with one attached hydrogen (secondary N) is 1. The standard InChI is InChI=1S/C14H16N2O4/c17-14(18)10-2-1-3-11(16(19)20)13(10)15-12(8-4-5-8)9-6-7-9/h1-3,8-9,12,15H,4-7H2,(H,17,18). The number of aromatic carboxylic acids is 1. The number of nitro groups is 1. The van der Waals surface area contributed by atoms with Gasteiger partial charge in [0.05, 0.1) is 10.5 Å². The molecule has 2 aliphatic rings. The summed E-state index contributed by atoms with van der Waals surface area (Å²) in [4.78, 5) is 21.9. The van der Waals surface area contributed by atoms with E-state index in [0.717, 1.165) is 25.7 Å². The molecule has 20 heavy (non-hydrogen) atoms. The molecule has 0 saturated heterocycles. The van der Waals surface area contributed by atoms with E-state index in [9.17, 15) is 20.0 Å². The van der Waals surface area contributed by atoms with Gasteiger partial charge in [0.2, 0.25) is 0 Å². The largest absolute Gasteiger partial charge is 0.478 e. The summed E-state index contributed by atoms with van der Waals surface area (Å²) in [6.07, 6.45) is 4.49. The molecule has 0 unspecified atom stereocenters. The number of carboxylic acid groups (broad SMARTS) is 1. The average molecular weight is 276 g/mol. The molecular formula is C14H16N2O4. The van der Waals surface area contributed by atoms with E-state index in [1.807, 2.05) is 0 Å². The number of nitro benzene ring substituents is 1. The fraction of sp³-hybridized carbons (Fsp3) is 0.500. The number of hydrogen-bond acceptors (Lipinski definition) is 4. The quantitative estimate of drug-likeness (QED) is 0.615. The molecule has 0 spiro atoms. The zero-order valence-corrected chi connectivity index (χ0v) is 10.9. The van der Waals surface area contributed by atoms with Gasteiger partial charge >= 0.3 is 5.97 Å². The fourth-order valence-corrected chi connectivity index (χ4v) is 2.72. The maximum absolute atomic E-state index is 11.3. The number of para-hydroxylation sites is 1. The van der Waals surface area contributed by atoms with Crippen LogP contribution in [0.1, 0.15) is 36.0 Å². The van der Waals surface area contributed by atoms with E-state index in [4.69, 9.17) is 0 Å². The number of anilines is 1. The van der Waals surface area contributed by atoms with E-state index in [2.05, 4.69) is 5.32 Å². The minimum atomic E-state index is -1.14. The van der Waals surface area contributed by atoms with Gasteiger partial charge in [0.15, 0.2) is 0 Å². The summed E-state index contributed by atoms with van der Waals surface area (Å²) in [6.45, 7) is 0. The van der Waals surface area contributed by atoms with Crippen LogP contribution >= 0.6 is 0 Å². The molecule has 0 heterocycles. The monoisotopic (exact) mass is 276 g/mol. The Morgan fingerprint density at radius 2 is 1.90 bits per heavy atom. The van der Waals surface area contributed by atoms with Crippen molar-refractivity contribution in [3.8, 4) is 0 Å². The van der Waals surface area contributed by atoms with Gasteiger partial charge < -0.3 is 10.4 Å². The van der Waals surface area contributed by atoms with Gasteiger partial charge in [0.25, 0.3) is 5.69 Å². The summed E-state index contributed by atoms with van der Waals surface area (Å²) in [5, 5.41) is 23.5. The van der Waals surface area contributed by atoms with Crippen molar-refractivity contribution in [2.24, 2.45) is 11.8 Å². The van der Waals surface area contributed by atoms with Gasteiger partial charge in [0.1, 0.15) is 5.69 Å². The summed E-state index contributed by atoms with van der Waals surface area (Å²) in [5.41, 5.74) is -0.0181. The van der Waals surface area contributed by atoms with Crippen molar-refractivity contribution >= 4 is 17.3 Å². The van der Waals surface area contributed by atoms with Crippen molar-refractivity contribution in [3.05, 3.63) is 33.9 Å². The second kappa shape index (κ2) is 4.77. The van der Waals surface area contributed by atoms with Crippen molar-refractivity contribution in [1.29, 1.82) is 0 Å². The third-order valence-corrected chi connectivity index (χ3v) is 4.04. The van der Waals surface area contributed by atoms with Crippen molar-refractivity contribution in [2.45, 2.75) is 31.7 Å². The molecule has 0 bridgehead atoms. The van der Waals surface area contributed by atoms with Crippen LogP contribution in [0, 0.1) is 22.0 Å². The van der Waals surface area contributed by atoms with Crippen LogP contribution in [0.2, 0.25) is 0 Å². The van der Waals surface area contributed by atoms with Crippen molar-refractivity contribution in [2.75, 3.05) is 5.32 Å². The summed E-state index contributed by atoms with van der Waals surface area (Å²) < 4.78 is 0. The molecular weight excluding hydrogens is 260 g/mol. The third kappa shape index (κ3) is 2.45. The lowest BCUT2D eigenvalue weighted by atomic mass is 10.0. The molecule has 6 heteroatoms. The Morgan fingerprint density at radius 1 is 1.30 bits per heavy atom. The number of carbonyl (C=O) groups is 1. The zero-order chi connectivity index (χ0) is 14.3. The summed E-state index contributed by atoms with van der Waals surface area (Å²) in [5.74, 6) is -0.0746. The minimum Gasteiger partial charge on any atom is -0.478 e. The van der Waals surface area contributed by atoms with E-state index in [-0.39, 0.29) is 23.0 Å². The van der Waals surface area contributed by atoms with Crippen molar-refractivity contribution in [3.63, 3.8) is 0 Å². The summed E-state index contributed by atoms with van der Waals surface area (Å²) >= 11 is 0. The summed E-state index contributed by atoms with van der Waals surface area (Å²) in [7, 11) is 0. The number of carboxylic acids is 1. The predicted molar refractivity (Wildman–Crippen MR) is 72.9 cm³/mol. The normalized spacial score (nSPS) is 18.1. The predicted octanol–water partition coefficient (Wildman–Crippen LogP) is 2.89. The van der Waals surface area contributed by atoms with E-state index in [1.165, 1.54) is 18.2 Å². The highest BCUT2D eigenvalue weighted by molar-refractivity contribution is 5.97. The van der Waals surface area contributed by atoms with Crippen molar-refractivity contribution < 1.29 is 14.8 Å². The molecule has 2 saturated carbocycles. The number of hydrogen-bond donors (Lipinski definition) is 2. The van der Waals surface area contributed by atoms with Gasteiger partial charge in [0, 0.05) is 12.1 Å². The number of benzene rings is 1. The smallest absolute Gasteiger partial charge is 0.338 e. The highest BCUT2D eigenvalue weighted by Crippen LogP contribution is 2.47. The highest BCUT2D eigenvalue weighted by atomic mass is 16.6. The van der Waals surface area contributed by atoms with Gasteiger partial charge in [-0.3, -0.25) is 10.1 Å². The van der Waals surface area contributed by atoms with Crippen LogP contribution in [0.5, 0.6) is 0 Å². The Kier molecular flexibility index (Phi) is 3.08. The Labute approximate surface area is 115 Å². The topological polar surface area (TPSA) is 92.5 Å². The van der Waals surface area contributed by atoms with Crippen LogP contribution < -0.4 is 5.32 Å². The van der Waals surface area contributed by atoms with Crippen molar-refractivity contribution in [1.82, 2.24) is 0 Å². The molecule has 2 aliphatic carbocycles. The first-order valence-corrected chi connectivity index (χ1v) is 6.85. The second-order valence-corrected chi connectivity index (χ2v) is 5.61. The Morgan fingerprint density at radius 3 is 2.35 bits per heavy atom. The Balaban J connectivity index is 1.96. The first-order chi connectivity index (χ1) is 9.58. The van der Waals surface area contributed by atoms with Crippen LogP contribution in [-0.2, 0) is 0 Å². The van der Waals surface area contributed by atoms with Crippen LogP contribution in [0.15, 0.2) is 18.2 Å². The van der Waals surface area contributed by atoms with Crippen LogP contribution in [0.3, 0.4) is 0 Å². The zero-order valence-electron chi connectivity index (χ0n) is 10.9. The van der Waals surface area contributed by atoms with E-state index >= 15 is 0 Å². The molecule has 1 aromatic carbocycles. The van der Waals surface area contributed by atoms with E-state index in [1.54, 1.807) is 0 Å². The lowest BCUT2D eigenvalue weighted by Crippen LogP contribution is -2.26. The minimum absolute atomic E-state index is 0.0227. The van der Waals surface area contributed by atoms with Gasteiger partial charge in [-0.1, -0.05) is 6.07 Å². The maximum atomic E-state index is 11.3. The maximum Gasteiger partial charge on any atom is 0.338 e. The first-order valence-electron chi connectivity index (χ1n) is 6.85. The average Bonchev–Trinajstić information content (AvgIpc) is 3.27. The lowest BCUT2D eigenvalue weighted by molar-refractivity contribution is -0.384. The molecule has 0 atom stereocenters. The van der Waals surface area contributed by atoms with Crippen LogP contribution in [-0.4, -0.2) is 22.0 Å².